The molecular weight excluding hydrogens is 208 g/mol. The van der Waals surface area contributed by atoms with E-state index in [2.05, 4.69) is 0 Å². The lowest BCUT2D eigenvalue weighted by molar-refractivity contribution is -0.157. The first-order valence-electron chi connectivity index (χ1n) is 4.39. The molecule has 0 fully saturated rings. The van der Waals surface area contributed by atoms with Crippen molar-refractivity contribution in [1.82, 2.24) is 0 Å². The normalized spacial score (nSPS) is 10.9. The Morgan fingerprint density at radius 2 is 1.21 bits per heavy atom. The van der Waals surface area contributed by atoms with Crippen LogP contribution in [0.25, 0.3) is 0 Å². The number of carbonyl (C=O) groups excluding carboxylic acids is 2. The van der Waals surface area contributed by atoms with Crippen molar-refractivity contribution in [3.8, 4) is 0 Å². The van der Waals surface area contributed by atoms with E-state index in [-0.39, 0.29) is 12.2 Å². The summed E-state index contributed by atoms with van der Waals surface area (Å²) >= 11 is 5.52. The summed E-state index contributed by atoms with van der Waals surface area (Å²) in [6.45, 7) is 6.70. The molecule has 0 saturated carbocycles. The zero-order valence-electron chi connectivity index (χ0n) is 8.74. The van der Waals surface area contributed by atoms with E-state index in [4.69, 9.17) is 21.1 Å². The van der Waals surface area contributed by atoms with Gasteiger partial charge in [-0.1, -0.05) is 11.6 Å². The summed E-state index contributed by atoms with van der Waals surface area (Å²) in [6, 6.07) is 0. The van der Waals surface area contributed by atoms with Crippen LogP contribution in [0.5, 0.6) is 0 Å². The van der Waals surface area contributed by atoms with Gasteiger partial charge in [0.1, 0.15) is 0 Å². The Bertz CT molecular complexity index is 191. The number of hydrogen-bond donors (Lipinski definition) is 0. The van der Waals surface area contributed by atoms with Crippen molar-refractivity contribution in [2.24, 2.45) is 0 Å². The molecule has 0 aromatic heterocycles. The van der Waals surface area contributed by atoms with Gasteiger partial charge in [0.25, 0.3) is 0 Å². The van der Waals surface area contributed by atoms with Gasteiger partial charge in [0.2, 0.25) is 5.38 Å². The molecule has 0 unspecified atom stereocenters. The van der Waals surface area contributed by atoms with Crippen molar-refractivity contribution in [2.75, 3.05) is 0 Å². The molecule has 0 aliphatic rings. The predicted molar refractivity (Wildman–Crippen MR) is 52.1 cm³/mol. The van der Waals surface area contributed by atoms with E-state index in [1.165, 1.54) is 0 Å². The first kappa shape index (κ1) is 13.2. The van der Waals surface area contributed by atoms with Gasteiger partial charge in [0.05, 0.1) is 12.2 Å². The van der Waals surface area contributed by atoms with E-state index in [0.717, 1.165) is 0 Å². The first-order valence-corrected chi connectivity index (χ1v) is 4.83. The van der Waals surface area contributed by atoms with Gasteiger partial charge in [0, 0.05) is 0 Å². The Hall–Kier alpha value is -0.770. The van der Waals surface area contributed by atoms with E-state index in [9.17, 15) is 9.59 Å². The number of carbonyl (C=O) groups is 2. The quantitative estimate of drug-likeness (QED) is 0.411. The molecule has 0 atom stereocenters. The predicted octanol–water partition coefficient (Wildman–Crippen LogP) is 1.50. The molecule has 14 heavy (non-hydrogen) atoms. The van der Waals surface area contributed by atoms with E-state index in [0.29, 0.717) is 0 Å². The summed E-state index contributed by atoms with van der Waals surface area (Å²) in [4.78, 5) is 22.2. The maximum absolute atomic E-state index is 11.1. The number of alkyl halides is 1. The molecule has 0 spiro atoms. The Balaban J connectivity index is 4.11. The topological polar surface area (TPSA) is 52.6 Å². The van der Waals surface area contributed by atoms with Crippen molar-refractivity contribution >= 4 is 23.5 Å². The van der Waals surface area contributed by atoms with Crippen molar-refractivity contribution in [3.63, 3.8) is 0 Å². The Kier molecular flexibility index (Phi) is 5.53. The lowest BCUT2D eigenvalue weighted by atomic mass is 10.4. The van der Waals surface area contributed by atoms with Gasteiger partial charge in [0.15, 0.2) is 0 Å². The highest BCUT2D eigenvalue weighted by Gasteiger charge is 2.28. The molecule has 0 bridgehead atoms. The first-order chi connectivity index (χ1) is 6.34. The fourth-order valence-electron chi connectivity index (χ4n) is 0.680. The van der Waals surface area contributed by atoms with Gasteiger partial charge < -0.3 is 9.47 Å². The molecule has 0 radical (unpaired) electrons. The fraction of sp³-hybridized carbons (Fsp3) is 0.778. The Labute approximate surface area is 88.5 Å². The molecule has 0 N–H and O–H groups in total. The van der Waals surface area contributed by atoms with Crippen LogP contribution < -0.4 is 0 Å². The van der Waals surface area contributed by atoms with Crippen LogP contribution in [0.4, 0.5) is 0 Å². The minimum Gasteiger partial charge on any atom is -0.461 e. The second-order valence-corrected chi connectivity index (χ2v) is 3.77. The van der Waals surface area contributed by atoms with Crippen LogP contribution in [0.3, 0.4) is 0 Å². The largest absolute Gasteiger partial charge is 0.461 e. The molecule has 0 saturated heterocycles. The maximum Gasteiger partial charge on any atom is 0.335 e. The van der Waals surface area contributed by atoms with Gasteiger partial charge in [-0.15, -0.1) is 0 Å². The minimum absolute atomic E-state index is 0.296. The smallest absolute Gasteiger partial charge is 0.335 e. The van der Waals surface area contributed by atoms with Gasteiger partial charge >= 0.3 is 11.9 Å². The number of hydrogen-bond acceptors (Lipinski definition) is 4. The zero-order valence-corrected chi connectivity index (χ0v) is 9.50. The molecule has 82 valence electrons. The highest BCUT2D eigenvalue weighted by Crippen LogP contribution is 2.06. The standard InChI is InChI=1S/C9H15ClO4/c1-5(2)13-8(11)7(10)9(12)14-6(3)4/h5-7H,1-4H3. The molecule has 5 heteroatoms. The van der Waals surface area contributed by atoms with Gasteiger partial charge in [-0.05, 0) is 27.7 Å². The van der Waals surface area contributed by atoms with E-state index in [1.807, 2.05) is 0 Å². The third-order valence-electron chi connectivity index (χ3n) is 1.12. The van der Waals surface area contributed by atoms with Crippen LogP contribution in [0.2, 0.25) is 0 Å². The fourth-order valence-corrected chi connectivity index (χ4v) is 0.783. The van der Waals surface area contributed by atoms with Crippen LogP contribution in [0.1, 0.15) is 27.7 Å². The van der Waals surface area contributed by atoms with Crippen molar-refractivity contribution in [2.45, 2.75) is 45.3 Å². The molecular formula is C9H15ClO4. The number of esters is 2. The molecule has 0 rings (SSSR count). The van der Waals surface area contributed by atoms with Crippen LogP contribution in [-0.2, 0) is 19.1 Å². The molecule has 0 aliphatic heterocycles. The summed E-state index contributed by atoms with van der Waals surface area (Å²) in [5.74, 6) is -1.54. The van der Waals surface area contributed by atoms with Crippen LogP contribution in [0.15, 0.2) is 0 Å². The van der Waals surface area contributed by atoms with Crippen LogP contribution in [0, 0.1) is 0 Å². The van der Waals surface area contributed by atoms with Crippen molar-refractivity contribution < 1.29 is 19.1 Å². The maximum atomic E-state index is 11.1. The minimum atomic E-state index is -1.38. The summed E-state index contributed by atoms with van der Waals surface area (Å²) in [7, 11) is 0. The highest BCUT2D eigenvalue weighted by molar-refractivity contribution is 6.39. The highest BCUT2D eigenvalue weighted by atomic mass is 35.5. The van der Waals surface area contributed by atoms with Crippen LogP contribution in [-0.4, -0.2) is 29.5 Å². The zero-order chi connectivity index (χ0) is 11.3. The molecule has 0 aliphatic carbocycles. The molecule has 4 nitrogen and oxygen atoms in total. The average molecular weight is 223 g/mol. The second kappa shape index (κ2) is 5.86. The lowest BCUT2D eigenvalue weighted by Crippen LogP contribution is -2.31. The van der Waals surface area contributed by atoms with E-state index >= 15 is 0 Å². The van der Waals surface area contributed by atoms with Gasteiger partial charge in [-0.3, -0.25) is 0 Å². The Morgan fingerprint density at radius 3 is 1.43 bits per heavy atom. The number of ether oxygens (including phenoxy) is 2. The van der Waals surface area contributed by atoms with Gasteiger partial charge in [-0.2, -0.15) is 0 Å². The van der Waals surface area contributed by atoms with Crippen molar-refractivity contribution in [3.05, 3.63) is 0 Å². The van der Waals surface area contributed by atoms with Crippen molar-refractivity contribution in [1.29, 1.82) is 0 Å². The summed E-state index contributed by atoms with van der Waals surface area (Å²) in [5, 5.41) is -1.38. The van der Waals surface area contributed by atoms with Gasteiger partial charge in [-0.25, -0.2) is 9.59 Å². The second-order valence-electron chi connectivity index (χ2n) is 3.33. The lowest BCUT2D eigenvalue weighted by Gasteiger charge is -2.13. The number of halogens is 1. The molecule has 0 heterocycles. The van der Waals surface area contributed by atoms with Crippen LogP contribution >= 0.6 is 11.6 Å². The third kappa shape index (κ3) is 5.07. The molecule has 0 aromatic rings. The monoisotopic (exact) mass is 222 g/mol. The van der Waals surface area contributed by atoms with E-state index < -0.39 is 17.3 Å². The summed E-state index contributed by atoms with van der Waals surface area (Å²) in [6.07, 6.45) is -0.591. The number of rotatable bonds is 4. The summed E-state index contributed by atoms with van der Waals surface area (Å²) in [5.41, 5.74) is 0. The average Bonchev–Trinajstić information content (AvgIpc) is 2.00. The van der Waals surface area contributed by atoms with E-state index in [1.54, 1.807) is 27.7 Å². The molecule has 0 aromatic carbocycles. The SMILES string of the molecule is CC(C)OC(=O)C(Cl)C(=O)OC(C)C. The summed E-state index contributed by atoms with van der Waals surface area (Å²) < 4.78 is 9.49. The molecule has 0 amide bonds. The third-order valence-corrected chi connectivity index (χ3v) is 1.47. The Morgan fingerprint density at radius 1 is 0.929 bits per heavy atom.